The third kappa shape index (κ3) is 3.95. The lowest BCUT2D eigenvalue weighted by molar-refractivity contribution is 0.339. The maximum Gasteiger partial charge on any atom is 0.142 e. The molecule has 1 unspecified atom stereocenters. The van der Waals surface area contributed by atoms with E-state index >= 15 is 0 Å². The van der Waals surface area contributed by atoms with Crippen molar-refractivity contribution in [1.82, 2.24) is 0 Å². The molecule has 2 aromatic rings. The van der Waals surface area contributed by atoms with E-state index in [0.717, 1.165) is 0 Å². The Morgan fingerprint density at radius 3 is 2.71 bits per heavy atom. The Balaban J connectivity index is 2.23. The van der Waals surface area contributed by atoms with E-state index < -0.39 is 16.6 Å². The third-order valence-corrected chi connectivity index (χ3v) is 4.57. The van der Waals surface area contributed by atoms with Crippen LogP contribution in [-0.2, 0) is 16.6 Å². The van der Waals surface area contributed by atoms with Gasteiger partial charge in [-0.1, -0.05) is 17.7 Å². The van der Waals surface area contributed by atoms with Crippen molar-refractivity contribution in [2.75, 3.05) is 12.3 Å². The summed E-state index contributed by atoms with van der Waals surface area (Å²) in [5.74, 6) is 0.243. The zero-order valence-corrected chi connectivity index (χ0v) is 13.0. The lowest BCUT2D eigenvalue weighted by atomic mass is 10.2. The highest BCUT2D eigenvalue weighted by Crippen LogP contribution is 2.25. The highest BCUT2D eigenvalue weighted by Gasteiger charge is 2.12. The average molecular weight is 328 g/mol. The van der Waals surface area contributed by atoms with Gasteiger partial charge < -0.3 is 10.5 Å². The quantitative estimate of drug-likeness (QED) is 0.850. The van der Waals surface area contributed by atoms with Crippen LogP contribution < -0.4 is 10.5 Å². The lowest BCUT2D eigenvalue weighted by Crippen LogP contribution is -2.02. The van der Waals surface area contributed by atoms with Crippen LogP contribution in [0.5, 0.6) is 5.75 Å². The third-order valence-electron chi connectivity index (χ3n) is 2.82. The fraction of sp³-hybridized carbons (Fsp3) is 0.200. The van der Waals surface area contributed by atoms with Gasteiger partial charge in [-0.05, 0) is 42.8 Å². The monoisotopic (exact) mass is 327 g/mol. The number of rotatable bonds is 5. The summed E-state index contributed by atoms with van der Waals surface area (Å²) in [6.45, 7) is 2.38. The number of anilines is 1. The summed E-state index contributed by atoms with van der Waals surface area (Å²) in [4.78, 5) is 0.483. The second-order valence-electron chi connectivity index (χ2n) is 4.37. The largest absolute Gasteiger partial charge is 0.494 e. The van der Waals surface area contributed by atoms with Crippen LogP contribution in [0.1, 0.15) is 12.5 Å². The fourth-order valence-corrected chi connectivity index (χ4v) is 3.16. The van der Waals surface area contributed by atoms with Gasteiger partial charge in [0.1, 0.15) is 11.6 Å². The molecule has 1 atom stereocenters. The molecule has 2 rings (SSSR count). The summed E-state index contributed by atoms with van der Waals surface area (Å²) in [6, 6.07) is 9.40. The predicted molar refractivity (Wildman–Crippen MR) is 83.5 cm³/mol. The summed E-state index contributed by atoms with van der Waals surface area (Å²) in [7, 11) is -1.39. The van der Waals surface area contributed by atoms with E-state index in [0.29, 0.717) is 28.5 Å². The first-order valence-corrected chi connectivity index (χ1v) is 8.05. The SMILES string of the molecule is CCOc1ccc(N)c(S(=O)Cc2ccc(Cl)c(F)c2)c1. The number of hydrogen-bond acceptors (Lipinski definition) is 3. The topological polar surface area (TPSA) is 52.3 Å². The number of nitrogen functional groups attached to an aromatic ring is 1. The molecule has 0 bridgehead atoms. The zero-order chi connectivity index (χ0) is 15.4. The number of halogens is 2. The highest BCUT2D eigenvalue weighted by molar-refractivity contribution is 7.84. The fourth-order valence-electron chi connectivity index (χ4n) is 1.83. The maximum absolute atomic E-state index is 13.4. The molecule has 0 heterocycles. The van der Waals surface area contributed by atoms with Crippen molar-refractivity contribution in [3.63, 3.8) is 0 Å². The van der Waals surface area contributed by atoms with Crippen LogP contribution in [0.3, 0.4) is 0 Å². The van der Waals surface area contributed by atoms with E-state index in [9.17, 15) is 8.60 Å². The Morgan fingerprint density at radius 1 is 1.29 bits per heavy atom. The first-order chi connectivity index (χ1) is 10.0. The van der Waals surface area contributed by atoms with Gasteiger partial charge in [-0.15, -0.1) is 0 Å². The number of hydrogen-bond donors (Lipinski definition) is 1. The van der Waals surface area contributed by atoms with Crippen molar-refractivity contribution in [3.05, 3.63) is 52.8 Å². The van der Waals surface area contributed by atoms with E-state index in [1.54, 1.807) is 24.3 Å². The summed E-state index contributed by atoms with van der Waals surface area (Å²) in [6.07, 6.45) is 0. The van der Waals surface area contributed by atoms with Crippen molar-refractivity contribution < 1.29 is 13.3 Å². The van der Waals surface area contributed by atoms with Crippen LogP contribution in [-0.4, -0.2) is 10.8 Å². The second-order valence-corrected chi connectivity index (χ2v) is 6.20. The van der Waals surface area contributed by atoms with Gasteiger partial charge in [-0.3, -0.25) is 4.21 Å². The first kappa shape index (κ1) is 15.8. The maximum atomic E-state index is 13.4. The normalized spacial score (nSPS) is 12.1. The molecule has 6 heteroatoms. The van der Waals surface area contributed by atoms with Crippen LogP contribution >= 0.6 is 11.6 Å². The van der Waals surface area contributed by atoms with E-state index in [1.165, 1.54) is 12.1 Å². The minimum atomic E-state index is -1.39. The lowest BCUT2D eigenvalue weighted by Gasteiger charge is -2.09. The number of ether oxygens (including phenoxy) is 1. The number of benzene rings is 2. The molecule has 0 saturated heterocycles. The molecule has 0 fully saturated rings. The predicted octanol–water partition coefficient (Wildman–Crippen LogP) is 3.77. The molecular weight excluding hydrogens is 313 g/mol. The van der Waals surface area contributed by atoms with Crippen LogP contribution in [0.2, 0.25) is 5.02 Å². The Labute approximate surface area is 130 Å². The van der Waals surface area contributed by atoms with Crippen molar-refractivity contribution in [2.24, 2.45) is 0 Å². The van der Waals surface area contributed by atoms with Crippen molar-refractivity contribution in [3.8, 4) is 5.75 Å². The van der Waals surface area contributed by atoms with Gasteiger partial charge in [0.15, 0.2) is 0 Å². The minimum Gasteiger partial charge on any atom is -0.494 e. The molecule has 0 aliphatic rings. The highest BCUT2D eigenvalue weighted by atomic mass is 35.5. The van der Waals surface area contributed by atoms with Crippen molar-refractivity contribution >= 4 is 28.1 Å². The molecule has 3 nitrogen and oxygen atoms in total. The van der Waals surface area contributed by atoms with E-state index in [-0.39, 0.29) is 10.8 Å². The average Bonchev–Trinajstić information content (AvgIpc) is 2.45. The van der Waals surface area contributed by atoms with Crippen molar-refractivity contribution in [1.29, 1.82) is 0 Å². The van der Waals surface area contributed by atoms with Gasteiger partial charge in [-0.25, -0.2) is 4.39 Å². The van der Waals surface area contributed by atoms with Gasteiger partial charge in [0.05, 0.1) is 33.1 Å². The number of nitrogens with two attached hydrogens (primary N) is 1. The van der Waals surface area contributed by atoms with Crippen LogP contribution in [0, 0.1) is 5.82 Å². The molecule has 21 heavy (non-hydrogen) atoms. The van der Waals surface area contributed by atoms with E-state index in [1.807, 2.05) is 6.92 Å². The van der Waals surface area contributed by atoms with Crippen LogP contribution in [0.15, 0.2) is 41.3 Å². The summed E-state index contributed by atoms with van der Waals surface area (Å²) in [5.41, 5.74) is 6.87. The van der Waals surface area contributed by atoms with Gasteiger partial charge in [0.25, 0.3) is 0 Å². The Bertz CT molecular complexity index is 679. The summed E-state index contributed by atoms with van der Waals surface area (Å²) < 4.78 is 31.2. The van der Waals surface area contributed by atoms with E-state index in [2.05, 4.69) is 0 Å². The van der Waals surface area contributed by atoms with Crippen LogP contribution in [0.4, 0.5) is 10.1 Å². The molecule has 0 amide bonds. The standard InChI is InChI=1S/C15H15ClFNO2S/c1-2-20-11-4-6-14(18)15(8-11)21(19)9-10-3-5-12(16)13(17)7-10/h3-8H,2,9,18H2,1H3. The molecule has 112 valence electrons. The Morgan fingerprint density at radius 2 is 2.05 bits per heavy atom. The van der Waals surface area contributed by atoms with Gasteiger partial charge in [0.2, 0.25) is 0 Å². The summed E-state index contributed by atoms with van der Waals surface area (Å²) in [5, 5.41) is 0.0439. The van der Waals surface area contributed by atoms with E-state index in [4.69, 9.17) is 22.1 Å². The second kappa shape index (κ2) is 6.91. The minimum absolute atomic E-state index is 0.0439. The van der Waals surface area contributed by atoms with Gasteiger partial charge in [-0.2, -0.15) is 0 Å². The molecule has 0 aliphatic heterocycles. The van der Waals surface area contributed by atoms with Crippen LogP contribution in [0.25, 0.3) is 0 Å². The smallest absolute Gasteiger partial charge is 0.142 e. The van der Waals surface area contributed by atoms with Crippen molar-refractivity contribution in [2.45, 2.75) is 17.6 Å². The molecule has 0 radical (unpaired) electrons. The first-order valence-electron chi connectivity index (χ1n) is 6.36. The van der Waals surface area contributed by atoms with Gasteiger partial charge in [0, 0.05) is 5.69 Å². The Kier molecular flexibility index (Phi) is 5.20. The molecule has 2 aromatic carbocycles. The summed E-state index contributed by atoms with van der Waals surface area (Å²) >= 11 is 5.63. The Hall–Kier alpha value is -1.59. The molecule has 0 saturated carbocycles. The van der Waals surface area contributed by atoms with Gasteiger partial charge >= 0.3 is 0 Å². The molecular formula is C15H15ClFNO2S. The molecule has 0 spiro atoms. The molecule has 0 aliphatic carbocycles. The zero-order valence-electron chi connectivity index (χ0n) is 11.4. The molecule has 0 aromatic heterocycles. The molecule has 2 N–H and O–H groups in total.